The van der Waals surface area contributed by atoms with E-state index in [1.54, 1.807) is 0 Å². The van der Waals surface area contributed by atoms with E-state index < -0.39 is 5.60 Å². The lowest BCUT2D eigenvalue weighted by atomic mass is 9.73. The average Bonchev–Trinajstić information content (AvgIpc) is 2.72. The molecule has 0 radical (unpaired) electrons. The van der Waals surface area contributed by atoms with E-state index in [4.69, 9.17) is 0 Å². The molecule has 110 valence electrons. The molecule has 2 saturated carbocycles. The summed E-state index contributed by atoms with van der Waals surface area (Å²) < 4.78 is 0. The minimum absolute atomic E-state index is 0.399. The Hall–Kier alpha value is -0.370. The first-order valence-electron chi connectivity index (χ1n) is 8.13. The molecule has 0 spiro atoms. The van der Waals surface area contributed by atoms with E-state index in [0.29, 0.717) is 23.5 Å². The molecule has 0 aliphatic heterocycles. The summed E-state index contributed by atoms with van der Waals surface area (Å²) in [6, 6.07) is 0. The van der Waals surface area contributed by atoms with Crippen molar-refractivity contribution in [1.82, 2.24) is 0 Å². The van der Waals surface area contributed by atoms with Crippen molar-refractivity contribution >= 4 is 5.78 Å². The molecule has 0 amide bonds. The number of carbonyl (C=O) groups is 1. The second-order valence-electron chi connectivity index (χ2n) is 7.55. The maximum absolute atomic E-state index is 12.0. The molecule has 0 saturated heterocycles. The standard InChI is InChI=1S/C17H30O2/c1-12(6-5-11-17(2,3)19)13-9-10-15-14(13)7-4-8-16(15)18/h12-15,19H,4-11H2,1-3H3/t12-,13?,14+,15+/m0/s1. The lowest BCUT2D eigenvalue weighted by molar-refractivity contribution is -0.126. The van der Waals surface area contributed by atoms with Crippen molar-refractivity contribution in [3.05, 3.63) is 0 Å². The molecule has 0 aromatic rings. The molecule has 0 aromatic heterocycles. The van der Waals surface area contributed by atoms with Crippen LogP contribution in [0, 0.1) is 23.7 Å². The summed E-state index contributed by atoms with van der Waals surface area (Å²) in [5, 5.41) is 9.77. The highest BCUT2D eigenvalue weighted by molar-refractivity contribution is 5.82. The predicted octanol–water partition coefficient (Wildman–Crippen LogP) is 3.96. The van der Waals surface area contributed by atoms with Crippen molar-refractivity contribution in [3.63, 3.8) is 0 Å². The Morgan fingerprint density at radius 1 is 1.32 bits per heavy atom. The van der Waals surface area contributed by atoms with Crippen LogP contribution in [0.25, 0.3) is 0 Å². The molecule has 1 N–H and O–H groups in total. The van der Waals surface area contributed by atoms with Crippen molar-refractivity contribution in [3.8, 4) is 0 Å². The van der Waals surface area contributed by atoms with Gasteiger partial charge in [-0.1, -0.05) is 19.8 Å². The lowest BCUT2D eigenvalue weighted by Crippen LogP contribution is -2.29. The third-order valence-corrected chi connectivity index (χ3v) is 5.43. The van der Waals surface area contributed by atoms with Crippen LogP contribution in [-0.4, -0.2) is 16.5 Å². The molecule has 0 bridgehead atoms. The third kappa shape index (κ3) is 3.81. The van der Waals surface area contributed by atoms with Gasteiger partial charge in [-0.25, -0.2) is 0 Å². The minimum Gasteiger partial charge on any atom is -0.390 e. The van der Waals surface area contributed by atoms with Gasteiger partial charge in [-0.05, 0) is 63.7 Å². The van der Waals surface area contributed by atoms with E-state index in [1.807, 2.05) is 13.8 Å². The predicted molar refractivity (Wildman–Crippen MR) is 77.9 cm³/mol. The van der Waals surface area contributed by atoms with Gasteiger partial charge >= 0.3 is 0 Å². The van der Waals surface area contributed by atoms with Gasteiger partial charge in [0.15, 0.2) is 0 Å². The lowest BCUT2D eigenvalue weighted by Gasteiger charge is -2.32. The summed E-state index contributed by atoms with van der Waals surface area (Å²) in [6.07, 6.45) is 8.81. The summed E-state index contributed by atoms with van der Waals surface area (Å²) in [5.74, 6) is 3.09. The van der Waals surface area contributed by atoms with Crippen molar-refractivity contribution in [2.45, 2.75) is 77.7 Å². The molecule has 2 aliphatic carbocycles. The second-order valence-corrected chi connectivity index (χ2v) is 7.55. The van der Waals surface area contributed by atoms with Gasteiger partial charge in [0.25, 0.3) is 0 Å². The first kappa shape index (κ1) is 15.0. The van der Waals surface area contributed by atoms with Crippen LogP contribution in [0.15, 0.2) is 0 Å². The van der Waals surface area contributed by atoms with E-state index in [1.165, 1.54) is 19.3 Å². The van der Waals surface area contributed by atoms with Crippen LogP contribution in [0.4, 0.5) is 0 Å². The zero-order chi connectivity index (χ0) is 14.0. The number of hydrogen-bond donors (Lipinski definition) is 1. The van der Waals surface area contributed by atoms with E-state index in [0.717, 1.165) is 38.0 Å². The number of aliphatic hydroxyl groups is 1. The summed E-state index contributed by atoms with van der Waals surface area (Å²) in [4.78, 5) is 12.0. The van der Waals surface area contributed by atoms with Gasteiger partial charge < -0.3 is 5.11 Å². The molecular formula is C17H30O2. The van der Waals surface area contributed by atoms with Crippen LogP contribution in [0.2, 0.25) is 0 Å². The Kier molecular flexibility index (Phi) is 4.70. The van der Waals surface area contributed by atoms with Gasteiger partial charge in [-0.15, -0.1) is 0 Å². The second kappa shape index (κ2) is 5.95. The van der Waals surface area contributed by atoms with Crippen LogP contribution >= 0.6 is 0 Å². The van der Waals surface area contributed by atoms with Gasteiger partial charge in [0, 0.05) is 12.3 Å². The quantitative estimate of drug-likeness (QED) is 0.818. The van der Waals surface area contributed by atoms with Gasteiger partial charge in [0.05, 0.1) is 5.60 Å². The number of ketones is 1. The van der Waals surface area contributed by atoms with Crippen LogP contribution in [0.1, 0.15) is 72.1 Å². The molecule has 0 aromatic carbocycles. The largest absolute Gasteiger partial charge is 0.390 e. The number of Topliss-reactive ketones (excluding diaryl/α,β-unsaturated/α-hetero) is 1. The Bertz CT molecular complexity index is 316. The maximum Gasteiger partial charge on any atom is 0.136 e. The zero-order valence-corrected chi connectivity index (χ0v) is 12.8. The number of hydrogen-bond acceptors (Lipinski definition) is 2. The van der Waals surface area contributed by atoms with Crippen molar-refractivity contribution in [2.24, 2.45) is 23.7 Å². The molecular weight excluding hydrogens is 236 g/mol. The summed E-state index contributed by atoms with van der Waals surface area (Å²) in [7, 11) is 0. The molecule has 19 heavy (non-hydrogen) atoms. The number of carbonyl (C=O) groups excluding carboxylic acids is 1. The Morgan fingerprint density at radius 3 is 2.74 bits per heavy atom. The fourth-order valence-electron chi connectivity index (χ4n) is 4.39. The molecule has 2 rings (SSSR count). The molecule has 0 heterocycles. The van der Waals surface area contributed by atoms with E-state index >= 15 is 0 Å². The van der Waals surface area contributed by atoms with Gasteiger partial charge in [-0.2, -0.15) is 0 Å². The van der Waals surface area contributed by atoms with Crippen molar-refractivity contribution in [1.29, 1.82) is 0 Å². The Labute approximate surface area is 118 Å². The fourth-order valence-corrected chi connectivity index (χ4v) is 4.39. The van der Waals surface area contributed by atoms with Crippen molar-refractivity contribution in [2.75, 3.05) is 0 Å². The van der Waals surface area contributed by atoms with E-state index in [-0.39, 0.29) is 0 Å². The highest BCUT2D eigenvalue weighted by Crippen LogP contribution is 2.48. The van der Waals surface area contributed by atoms with Gasteiger partial charge in [-0.3, -0.25) is 4.79 Å². The third-order valence-electron chi connectivity index (χ3n) is 5.43. The van der Waals surface area contributed by atoms with Crippen molar-refractivity contribution < 1.29 is 9.90 Å². The maximum atomic E-state index is 12.0. The van der Waals surface area contributed by atoms with Crippen LogP contribution < -0.4 is 0 Å². The smallest absolute Gasteiger partial charge is 0.136 e. The molecule has 4 atom stereocenters. The number of fused-ring (bicyclic) bond motifs is 1. The topological polar surface area (TPSA) is 37.3 Å². The summed E-state index contributed by atoms with van der Waals surface area (Å²) in [6.45, 7) is 6.14. The normalized spacial score (nSPS) is 33.3. The van der Waals surface area contributed by atoms with Crippen LogP contribution in [-0.2, 0) is 4.79 Å². The number of rotatable bonds is 5. The SMILES string of the molecule is C[C@@H](CCCC(C)(C)O)C1CC[C@H]2C(=O)CCC[C@H]12. The minimum atomic E-state index is -0.529. The Morgan fingerprint density at radius 2 is 2.05 bits per heavy atom. The molecule has 1 unspecified atom stereocenters. The molecule has 2 heteroatoms. The zero-order valence-electron chi connectivity index (χ0n) is 12.8. The molecule has 2 aliphatic rings. The van der Waals surface area contributed by atoms with Crippen LogP contribution in [0.5, 0.6) is 0 Å². The van der Waals surface area contributed by atoms with Gasteiger partial charge in [0.1, 0.15) is 5.78 Å². The van der Waals surface area contributed by atoms with Crippen LogP contribution in [0.3, 0.4) is 0 Å². The molecule has 2 nitrogen and oxygen atoms in total. The summed E-state index contributed by atoms with van der Waals surface area (Å²) in [5.41, 5.74) is -0.529. The fraction of sp³-hybridized carbons (Fsp3) is 0.941. The van der Waals surface area contributed by atoms with Gasteiger partial charge in [0.2, 0.25) is 0 Å². The van der Waals surface area contributed by atoms with E-state index in [9.17, 15) is 9.90 Å². The first-order valence-corrected chi connectivity index (χ1v) is 8.13. The molecule has 2 fully saturated rings. The average molecular weight is 266 g/mol. The Balaban J connectivity index is 1.83. The monoisotopic (exact) mass is 266 g/mol. The highest BCUT2D eigenvalue weighted by atomic mass is 16.3. The highest BCUT2D eigenvalue weighted by Gasteiger charge is 2.43. The van der Waals surface area contributed by atoms with E-state index in [2.05, 4.69) is 6.92 Å². The first-order chi connectivity index (χ1) is 8.88. The summed E-state index contributed by atoms with van der Waals surface area (Å²) >= 11 is 0.